The maximum Gasteiger partial charge on any atom is 0.150 e. The summed E-state index contributed by atoms with van der Waals surface area (Å²) in [6, 6.07) is 1.79. The summed E-state index contributed by atoms with van der Waals surface area (Å²) in [5, 5.41) is 4.45. The first-order valence-corrected chi connectivity index (χ1v) is 8.17. The second-order valence-electron chi connectivity index (χ2n) is 6.21. The molecule has 0 amide bonds. The number of nitrogens with zero attached hydrogens (tertiary/aromatic N) is 3. The third-order valence-electron chi connectivity index (χ3n) is 4.07. The molecule has 0 bridgehead atoms. The van der Waals surface area contributed by atoms with Crippen molar-refractivity contribution in [1.29, 1.82) is 0 Å². The van der Waals surface area contributed by atoms with Crippen molar-refractivity contribution in [1.82, 2.24) is 9.88 Å². The van der Waals surface area contributed by atoms with Crippen LogP contribution in [0.15, 0.2) is 6.07 Å². The van der Waals surface area contributed by atoms with Crippen LogP contribution in [0.5, 0.6) is 0 Å². The lowest BCUT2D eigenvalue weighted by atomic mass is 10.00. The minimum atomic E-state index is 0.0971. The van der Waals surface area contributed by atoms with Crippen LogP contribution in [-0.2, 0) is 0 Å². The van der Waals surface area contributed by atoms with Gasteiger partial charge in [0, 0.05) is 31.7 Å². The molecule has 21 heavy (non-hydrogen) atoms. The van der Waals surface area contributed by atoms with Gasteiger partial charge in [-0.05, 0) is 33.4 Å². The largest absolute Gasteiger partial charge is 0.369 e. The fourth-order valence-corrected chi connectivity index (χ4v) is 3.01. The van der Waals surface area contributed by atoms with Gasteiger partial charge in [0.05, 0.1) is 10.0 Å². The van der Waals surface area contributed by atoms with Crippen molar-refractivity contribution in [2.24, 2.45) is 0 Å². The number of nitrogens with one attached hydrogen (secondary N) is 1. The number of aromatic nitrogens is 1. The fourth-order valence-electron chi connectivity index (χ4n) is 2.47. The second kappa shape index (κ2) is 6.59. The molecule has 2 heterocycles. The van der Waals surface area contributed by atoms with Gasteiger partial charge in [0.2, 0.25) is 0 Å². The van der Waals surface area contributed by atoms with Crippen LogP contribution in [0.4, 0.5) is 11.6 Å². The molecule has 1 aliphatic heterocycles. The molecule has 118 valence electrons. The normalized spacial score (nSPS) is 18.9. The summed E-state index contributed by atoms with van der Waals surface area (Å²) in [4.78, 5) is 9.27. The molecule has 6 heteroatoms. The van der Waals surface area contributed by atoms with Crippen LogP contribution >= 0.6 is 23.2 Å². The number of piperazine rings is 1. The monoisotopic (exact) mass is 330 g/mol. The van der Waals surface area contributed by atoms with Crippen LogP contribution in [-0.4, -0.2) is 48.6 Å². The molecule has 1 aromatic heterocycles. The highest BCUT2D eigenvalue weighted by Gasteiger charge is 2.32. The van der Waals surface area contributed by atoms with Gasteiger partial charge in [-0.2, -0.15) is 0 Å². The summed E-state index contributed by atoms with van der Waals surface area (Å²) in [6.45, 7) is 10.2. The molecule has 0 aromatic carbocycles. The average Bonchev–Trinajstić information content (AvgIpc) is 2.41. The van der Waals surface area contributed by atoms with Crippen molar-refractivity contribution in [3.05, 3.63) is 16.1 Å². The third kappa shape index (κ3) is 3.74. The van der Waals surface area contributed by atoms with E-state index in [1.54, 1.807) is 6.07 Å². The standard InChI is InChI=1S/C15H24Cl2N4/c1-5-6-18-13-11(16)9-12(17)14(19-13)21-8-7-20(4)15(2,3)10-21/h9H,5-8,10H2,1-4H3,(H,18,19). The number of halogens is 2. The molecular formula is C15H24Cl2N4. The van der Waals surface area contributed by atoms with Crippen LogP contribution in [0.25, 0.3) is 0 Å². The second-order valence-corrected chi connectivity index (χ2v) is 7.02. The lowest BCUT2D eigenvalue weighted by Crippen LogP contribution is -2.58. The SMILES string of the molecule is CCCNc1nc(N2CCN(C)C(C)(C)C2)c(Cl)cc1Cl. The summed E-state index contributed by atoms with van der Waals surface area (Å²) in [5.74, 6) is 1.54. The first-order valence-electron chi connectivity index (χ1n) is 7.41. The summed E-state index contributed by atoms with van der Waals surface area (Å²) in [5.41, 5.74) is 0.0971. The van der Waals surface area contributed by atoms with E-state index in [0.717, 1.165) is 44.2 Å². The number of anilines is 2. The van der Waals surface area contributed by atoms with E-state index in [-0.39, 0.29) is 5.54 Å². The Bertz CT molecular complexity index is 505. The lowest BCUT2D eigenvalue weighted by Gasteiger charge is -2.46. The van der Waals surface area contributed by atoms with Crippen LogP contribution < -0.4 is 10.2 Å². The van der Waals surface area contributed by atoms with Crippen molar-refractivity contribution in [2.75, 3.05) is 43.4 Å². The molecule has 2 rings (SSSR count). The molecule has 0 saturated carbocycles. The highest BCUT2D eigenvalue weighted by atomic mass is 35.5. The Morgan fingerprint density at radius 1 is 1.29 bits per heavy atom. The van der Waals surface area contributed by atoms with E-state index in [4.69, 9.17) is 23.2 Å². The minimum absolute atomic E-state index is 0.0971. The number of rotatable bonds is 4. The molecule has 1 fully saturated rings. The van der Waals surface area contributed by atoms with E-state index in [1.807, 2.05) is 0 Å². The highest BCUT2D eigenvalue weighted by Crippen LogP contribution is 2.33. The number of pyridine rings is 1. The Labute approximate surface area is 137 Å². The van der Waals surface area contributed by atoms with Crippen molar-refractivity contribution >= 4 is 34.8 Å². The molecule has 4 nitrogen and oxygen atoms in total. The van der Waals surface area contributed by atoms with E-state index in [2.05, 4.69) is 47.9 Å². The Balaban J connectivity index is 2.26. The first-order chi connectivity index (χ1) is 9.85. The smallest absolute Gasteiger partial charge is 0.150 e. The van der Waals surface area contributed by atoms with Gasteiger partial charge in [0.1, 0.15) is 11.6 Å². The molecule has 0 spiro atoms. The summed E-state index contributed by atoms with van der Waals surface area (Å²) in [6.07, 6.45) is 1.03. The zero-order valence-corrected chi connectivity index (χ0v) is 14.7. The Morgan fingerprint density at radius 3 is 2.62 bits per heavy atom. The van der Waals surface area contributed by atoms with Gasteiger partial charge < -0.3 is 10.2 Å². The van der Waals surface area contributed by atoms with Crippen LogP contribution in [0, 0.1) is 0 Å². The van der Waals surface area contributed by atoms with E-state index >= 15 is 0 Å². The van der Waals surface area contributed by atoms with Crippen LogP contribution in [0.3, 0.4) is 0 Å². The molecule has 1 N–H and O–H groups in total. The van der Waals surface area contributed by atoms with Gasteiger partial charge in [-0.25, -0.2) is 4.98 Å². The minimum Gasteiger partial charge on any atom is -0.369 e. The van der Waals surface area contributed by atoms with Gasteiger partial charge >= 0.3 is 0 Å². The zero-order valence-electron chi connectivity index (χ0n) is 13.2. The van der Waals surface area contributed by atoms with Gasteiger partial charge in [-0.15, -0.1) is 0 Å². The van der Waals surface area contributed by atoms with E-state index in [0.29, 0.717) is 10.0 Å². The van der Waals surface area contributed by atoms with Gasteiger partial charge in [-0.3, -0.25) is 4.90 Å². The van der Waals surface area contributed by atoms with Crippen molar-refractivity contribution in [2.45, 2.75) is 32.7 Å². The summed E-state index contributed by atoms with van der Waals surface area (Å²) >= 11 is 12.6. The molecule has 0 unspecified atom stereocenters. The van der Waals surface area contributed by atoms with E-state index in [1.165, 1.54) is 0 Å². The van der Waals surface area contributed by atoms with E-state index < -0.39 is 0 Å². The number of hydrogen-bond donors (Lipinski definition) is 1. The Morgan fingerprint density at radius 2 is 2.00 bits per heavy atom. The number of hydrogen-bond acceptors (Lipinski definition) is 4. The van der Waals surface area contributed by atoms with Crippen LogP contribution in [0.2, 0.25) is 10.0 Å². The fraction of sp³-hybridized carbons (Fsp3) is 0.667. The maximum absolute atomic E-state index is 6.37. The van der Waals surface area contributed by atoms with Gasteiger partial charge in [0.15, 0.2) is 0 Å². The zero-order chi connectivity index (χ0) is 15.6. The Kier molecular flexibility index (Phi) is 5.23. The predicted molar refractivity (Wildman–Crippen MR) is 92.0 cm³/mol. The molecule has 1 saturated heterocycles. The van der Waals surface area contributed by atoms with Gasteiger partial charge in [-0.1, -0.05) is 30.1 Å². The third-order valence-corrected chi connectivity index (χ3v) is 4.64. The topological polar surface area (TPSA) is 31.4 Å². The van der Waals surface area contributed by atoms with Crippen molar-refractivity contribution < 1.29 is 0 Å². The van der Waals surface area contributed by atoms with Crippen LogP contribution in [0.1, 0.15) is 27.2 Å². The van der Waals surface area contributed by atoms with Gasteiger partial charge in [0.25, 0.3) is 0 Å². The number of likely N-dealkylation sites (N-methyl/N-ethyl adjacent to an activating group) is 1. The molecular weight excluding hydrogens is 307 g/mol. The molecule has 0 aliphatic carbocycles. The first kappa shape index (κ1) is 16.7. The van der Waals surface area contributed by atoms with Crippen molar-refractivity contribution in [3.8, 4) is 0 Å². The maximum atomic E-state index is 6.37. The predicted octanol–water partition coefficient (Wildman–Crippen LogP) is 3.74. The quantitative estimate of drug-likeness (QED) is 0.911. The van der Waals surface area contributed by atoms with Crippen molar-refractivity contribution in [3.63, 3.8) is 0 Å². The molecule has 1 aromatic rings. The molecule has 0 atom stereocenters. The molecule has 0 radical (unpaired) electrons. The average molecular weight is 331 g/mol. The van der Waals surface area contributed by atoms with E-state index in [9.17, 15) is 0 Å². The highest BCUT2D eigenvalue weighted by molar-refractivity contribution is 6.37. The Hall–Kier alpha value is -0.710. The summed E-state index contributed by atoms with van der Waals surface area (Å²) < 4.78 is 0. The lowest BCUT2D eigenvalue weighted by molar-refractivity contribution is 0.138. The molecule has 1 aliphatic rings. The summed E-state index contributed by atoms with van der Waals surface area (Å²) in [7, 11) is 2.16.